The Morgan fingerprint density at radius 2 is 2.24 bits per heavy atom. The van der Waals surface area contributed by atoms with Crippen molar-refractivity contribution in [2.75, 3.05) is 6.61 Å². The molecule has 0 aromatic rings. The molecule has 2 atom stereocenters. The molecular weight excluding hydrogens is 222 g/mol. The minimum Gasteiger partial charge on any atom is -0.491 e. The van der Waals surface area contributed by atoms with Crippen molar-refractivity contribution in [3.05, 3.63) is 36.6 Å². The maximum Gasteiger partial charge on any atom is 0.320 e. The lowest BCUT2D eigenvalue weighted by Gasteiger charge is -2.07. The van der Waals surface area contributed by atoms with Gasteiger partial charge in [-0.1, -0.05) is 18.7 Å². The highest BCUT2D eigenvalue weighted by atomic mass is 16.5. The molecule has 5 heteroatoms. The first-order valence-corrected chi connectivity index (χ1v) is 5.26. The van der Waals surface area contributed by atoms with Gasteiger partial charge in [-0.3, -0.25) is 4.79 Å². The van der Waals surface area contributed by atoms with Crippen LogP contribution in [0.25, 0.3) is 0 Å². The lowest BCUT2D eigenvalue weighted by atomic mass is 10.2. The van der Waals surface area contributed by atoms with Crippen molar-refractivity contribution in [2.45, 2.75) is 25.5 Å². The van der Waals surface area contributed by atoms with Crippen LogP contribution in [0.4, 0.5) is 0 Å². The predicted molar refractivity (Wildman–Crippen MR) is 65.3 cm³/mol. The number of carbonyl (C=O) groups is 1. The van der Waals surface area contributed by atoms with Crippen LogP contribution in [0, 0.1) is 0 Å². The summed E-state index contributed by atoms with van der Waals surface area (Å²) in [7, 11) is 0. The maximum atomic E-state index is 10.4. The van der Waals surface area contributed by atoms with Gasteiger partial charge in [0.1, 0.15) is 18.4 Å². The predicted octanol–water partition coefficient (Wildman–Crippen LogP) is 0.812. The SMILES string of the molecule is C=C/C(=C\C=C\CC(N)C(=O)O)OCC(C)O. The fourth-order valence-corrected chi connectivity index (χ4v) is 0.881. The van der Waals surface area contributed by atoms with Crippen LogP contribution < -0.4 is 5.73 Å². The largest absolute Gasteiger partial charge is 0.491 e. The molecule has 0 saturated heterocycles. The number of hydrogen-bond donors (Lipinski definition) is 3. The zero-order valence-electron chi connectivity index (χ0n) is 9.87. The topological polar surface area (TPSA) is 92.8 Å². The Hall–Kier alpha value is -1.59. The van der Waals surface area contributed by atoms with Gasteiger partial charge in [0, 0.05) is 0 Å². The highest BCUT2D eigenvalue weighted by Gasteiger charge is 2.07. The molecule has 96 valence electrons. The van der Waals surface area contributed by atoms with E-state index in [0.717, 1.165) is 0 Å². The first-order chi connectivity index (χ1) is 7.97. The summed E-state index contributed by atoms with van der Waals surface area (Å²) in [5.41, 5.74) is 5.31. The monoisotopic (exact) mass is 241 g/mol. The van der Waals surface area contributed by atoms with Gasteiger partial charge in [0.2, 0.25) is 0 Å². The van der Waals surface area contributed by atoms with E-state index in [9.17, 15) is 4.79 Å². The van der Waals surface area contributed by atoms with Crippen molar-refractivity contribution in [3.63, 3.8) is 0 Å². The lowest BCUT2D eigenvalue weighted by molar-refractivity contribution is -0.138. The van der Waals surface area contributed by atoms with Crippen molar-refractivity contribution in [1.82, 2.24) is 0 Å². The van der Waals surface area contributed by atoms with Crippen molar-refractivity contribution in [2.24, 2.45) is 5.73 Å². The second kappa shape index (κ2) is 8.55. The van der Waals surface area contributed by atoms with Crippen LogP contribution >= 0.6 is 0 Å². The smallest absolute Gasteiger partial charge is 0.320 e. The summed E-state index contributed by atoms with van der Waals surface area (Å²) in [6, 6.07) is -0.898. The minimum absolute atomic E-state index is 0.181. The van der Waals surface area contributed by atoms with Gasteiger partial charge in [0.25, 0.3) is 0 Å². The Labute approximate surface area is 101 Å². The van der Waals surface area contributed by atoms with Gasteiger partial charge in [-0.15, -0.1) is 0 Å². The third-order valence-corrected chi connectivity index (χ3v) is 1.80. The van der Waals surface area contributed by atoms with E-state index in [1.807, 2.05) is 0 Å². The molecule has 0 aromatic heterocycles. The van der Waals surface area contributed by atoms with Crippen molar-refractivity contribution >= 4 is 5.97 Å². The van der Waals surface area contributed by atoms with Crippen molar-refractivity contribution in [3.8, 4) is 0 Å². The normalized spacial score (nSPS) is 15.6. The van der Waals surface area contributed by atoms with Gasteiger partial charge in [-0.25, -0.2) is 0 Å². The number of aliphatic hydroxyl groups excluding tert-OH is 1. The molecule has 0 saturated carbocycles. The molecular formula is C12H19NO4. The Balaban J connectivity index is 4.12. The van der Waals surface area contributed by atoms with Crippen LogP contribution in [0.15, 0.2) is 36.6 Å². The van der Waals surface area contributed by atoms with Crippen LogP contribution in [-0.4, -0.2) is 34.9 Å². The first kappa shape index (κ1) is 15.4. The number of hydrogen-bond acceptors (Lipinski definition) is 4. The molecule has 2 unspecified atom stereocenters. The molecule has 0 heterocycles. The lowest BCUT2D eigenvalue weighted by Crippen LogP contribution is -2.29. The van der Waals surface area contributed by atoms with Crippen LogP contribution in [0.1, 0.15) is 13.3 Å². The molecule has 0 amide bonds. The van der Waals surface area contributed by atoms with Crippen molar-refractivity contribution < 1.29 is 19.7 Å². The van der Waals surface area contributed by atoms with Crippen LogP contribution in [0.2, 0.25) is 0 Å². The zero-order valence-corrected chi connectivity index (χ0v) is 9.87. The van der Waals surface area contributed by atoms with Crippen LogP contribution in [0.5, 0.6) is 0 Å². The van der Waals surface area contributed by atoms with E-state index in [4.69, 9.17) is 20.7 Å². The summed E-state index contributed by atoms with van der Waals surface area (Å²) in [6.07, 6.45) is 6.10. The zero-order chi connectivity index (χ0) is 13.3. The average molecular weight is 241 g/mol. The number of nitrogens with two attached hydrogens (primary N) is 1. The van der Waals surface area contributed by atoms with Crippen LogP contribution in [0.3, 0.4) is 0 Å². The Morgan fingerprint density at radius 3 is 2.71 bits per heavy atom. The van der Waals surface area contributed by atoms with Gasteiger partial charge < -0.3 is 20.7 Å². The van der Waals surface area contributed by atoms with Gasteiger partial charge in [0.05, 0.1) is 6.10 Å². The van der Waals surface area contributed by atoms with E-state index in [-0.39, 0.29) is 13.0 Å². The summed E-state index contributed by atoms with van der Waals surface area (Å²) < 4.78 is 5.20. The average Bonchev–Trinajstić information content (AvgIpc) is 2.27. The third-order valence-electron chi connectivity index (χ3n) is 1.80. The number of aliphatic hydroxyl groups is 1. The fourth-order valence-electron chi connectivity index (χ4n) is 0.881. The molecule has 0 aliphatic heterocycles. The molecule has 0 aliphatic rings. The van der Waals surface area contributed by atoms with E-state index in [1.165, 1.54) is 6.08 Å². The molecule has 17 heavy (non-hydrogen) atoms. The number of aliphatic carboxylic acids is 1. The summed E-state index contributed by atoms with van der Waals surface area (Å²) in [4.78, 5) is 10.4. The molecule has 4 N–H and O–H groups in total. The second-order valence-corrected chi connectivity index (χ2v) is 3.54. The molecule has 0 bridgehead atoms. The summed E-state index contributed by atoms with van der Waals surface area (Å²) in [6.45, 7) is 5.35. The molecule has 0 rings (SSSR count). The molecule has 5 nitrogen and oxygen atoms in total. The highest BCUT2D eigenvalue weighted by molar-refractivity contribution is 5.73. The van der Waals surface area contributed by atoms with E-state index in [0.29, 0.717) is 5.76 Å². The number of carboxylic acids is 1. The number of rotatable bonds is 8. The Bertz CT molecular complexity index is 308. The summed E-state index contributed by atoms with van der Waals surface area (Å²) >= 11 is 0. The van der Waals surface area contributed by atoms with Gasteiger partial charge in [0.15, 0.2) is 0 Å². The second-order valence-electron chi connectivity index (χ2n) is 3.54. The Morgan fingerprint density at radius 1 is 1.59 bits per heavy atom. The van der Waals surface area contributed by atoms with Crippen LogP contribution in [-0.2, 0) is 9.53 Å². The molecule has 0 fully saturated rings. The quantitative estimate of drug-likeness (QED) is 0.432. The van der Waals surface area contributed by atoms with E-state index < -0.39 is 18.1 Å². The summed E-state index contributed by atoms with van der Waals surface area (Å²) in [5, 5.41) is 17.6. The molecule has 0 aromatic carbocycles. The minimum atomic E-state index is -1.03. The first-order valence-electron chi connectivity index (χ1n) is 5.26. The summed E-state index contributed by atoms with van der Waals surface area (Å²) in [5.74, 6) is -0.529. The number of ether oxygens (including phenoxy) is 1. The third kappa shape index (κ3) is 8.24. The van der Waals surface area contributed by atoms with E-state index >= 15 is 0 Å². The van der Waals surface area contributed by atoms with E-state index in [2.05, 4.69) is 6.58 Å². The molecule has 0 aliphatic carbocycles. The van der Waals surface area contributed by atoms with Gasteiger partial charge in [-0.2, -0.15) is 0 Å². The number of carboxylic acid groups (broad SMARTS) is 1. The molecule has 0 spiro atoms. The number of allylic oxidation sites excluding steroid dienone is 3. The molecule has 0 radical (unpaired) electrons. The van der Waals surface area contributed by atoms with Gasteiger partial charge in [-0.05, 0) is 25.5 Å². The van der Waals surface area contributed by atoms with Gasteiger partial charge >= 0.3 is 5.97 Å². The van der Waals surface area contributed by atoms with Crippen molar-refractivity contribution in [1.29, 1.82) is 0 Å². The fraction of sp³-hybridized carbons (Fsp3) is 0.417. The standard InChI is InChI=1S/C12H19NO4/c1-3-10(17-8-9(2)14)6-4-5-7-11(13)12(15)16/h3-6,9,11,14H,1,7-8,13H2,2H3,(H,15,16)/b5-4+,10-6+. The highest BCUT2D eigenvalue weighted by Crippen LogP contribution is 2.01. The van der Waals surface area contributed by atoms with E-state index in [1.54, 1.807) is 25.2 Å². The Kier molecular flexibility index (Phi) is 7.75. The maximum absolute atomic E-state index is 10.4.